The van der Waals surface area contributed by atoms with Crippen molar-refractivity contribution in [2.45, 2.75) is 19.9 Å². The molecule has 2 N–H and O–H groups in total. The first-order valence-electron chi connectivity index (χ1n) is 8.63. The summed E-state index contributed by atoms with van der Waals surface area (Å²) < 4.78 is 5.30. The number of ether oxygens (including phenoxy) is 1. The molecule has 6 nitrogen and oxygen atoms in total. The summed E-state index contributed by atoms with van der Waals surface area (Å²) in [6.07, 6.45) is 1.02. The molecule has 0 aromatic heterocycles. The fourth-order valence-electron chi connectivity index (χ4n) is 3.19. The highest BCUT2D eigenvalue weighted by Gasteiger charge is 2.22. The van der Waals surface area contributed by atoms with Crippen LogP contribution in [-0.2, 0) is 17.8 Å². The SMILES string of the molecule is CN=C(NCc1ccc(OC)c(NC(C)=O)c1)N1CCc2ccccc21. The maximum absolute atomic E-state index is 11.4. The number of carbonyl (C=O) groups excluding carboxylic acids is 1. The smallest absolute Gasteiger partial charge is 0.221 e. The van der Waals surface area contributed by atoms with Crippen molar-refractivity contribution in [2.75, 3.05) is 30.9 Å². The summed E-state index contributed by atoms with van der Waals surface area (Å²) in [6, 6.07) is 14.1. The van der Waals surface area contributed by atoms with Crippen LogP contribution in [0.4, 0.5) is 11.4 Å². The van der Waals surface area contributed by atoms with Crippen molar-refractivity contribution in [3.63, 3.8) is 0 Å². The van der Waals surface area contributed by atoms with Crippen LogP contribution in [0.1, 0.15) is 18.1 Å². The highest BCUT2D eigenvalue weighted by molar-refractivity contribution is 5.98. The van der Waals surface area contributed by atoms with Crippen LogP contribution in [0.5, 0.6) is 5.75 Å². The van der Waals surface area contributed by atoms with E-state index in [2.05, 4.69) is 38.7 Å². The number of anilines is 2. The second kappa shape index (κ2) is 7.91. The van der Waals surface area contributed by atoms with E-state index < -0.39 is 0 Å². The van der Waals surface area contributed by atoms with Gasteiger partial charge in [0.15, 0.2) is 5.96 Å². The molecule has 0 saturated heterocycles. The molecule has 26 heavy (non-hydrogen) atoms. The van der Waals surface area contributed by atoms with Gasteiger partial charge in [-0.3, -0.25) is 9.79 Å². The number of nitrogens with zero attached hydrogens (tertiary/aromatic N) is 2. The lowest BCUT2D eigenvalue weighted by atomic mass is 10.1. The predicted octanol–water partition coefficient (Wildman–Crippen LogP) is 2.79. The first-order chi connectivity index (χ1) is 12.6. The molecular weight excluding hydrogens is 328 g/mol. The zero-order chi connectivity index (χ0) is 18.5. The largest absolute Gasteiger partial charge is 0.495 e. The molecule has 2 aromatic carbocycles. The number of aliphatic imine (C=N–C) groups is 1. The number of hydrogen-bond donors (Lipinski definition) is 2. The van der Waals surface area contributed by atoms with Gasteiger partial charge in [0.05, 0.1) is 12.8 Å². The summed E-state index contributed by atoms with van der Waals surface area (Å²) in [4.78, 5) is 18.0. The van der Waals surface area contributed by atoms with Crippen LogP contribution < -0.4 is 20.3 Å². The Hall–Kier alpha value is -3.02. The maximum Gasteiger partial charge on any atom is 0.221 e. The average molecular weight is 352 g/mol. The standard InChI is InChI=1S/C20H24N4O2/c1-14(25)23-17-12-15(8-9-19(17)26-3)13-22-20(21-2)24-11-10-16-6-4-5-7-18(16)24/h4-9,12H,10-11,13H2,1-3H3,(H,21,22)(H,23,25). The quantitative estimate of drug-likeness (QED) is 0.656. The Balaban J connectivity index is 1.73. The molecule has 0 aliphatic carbocycles. The number of rotatable bonds is 4. The lowest BCUT2D eigenvalue weighted by Crippen LogP contribution is -2.40. The molecule has 0 unspecified atom stereocenters. The highest BCUT2D eigenvalue weighted by Crippen LogP contribution is 2.28. The lowest BCUT2D eigenvalue weighted by Gasteiger charge is -2.22. The van der Waals surface area contributed by atoms with E-state index in [-0.39, 0.29) is 5.91 Å². The van der Waals surface area contributed by atoms with E-state index in [9.17, 15) is 4.79 Å². The maximum atomic E-state index is 11.4. The summed E-state index contributed by atoms with van der Waals surface area (Å²) in [5, 5.41) is 6.21. The second-order valence-electron chi connectivity index (χ2n) is 6.15. The van der Waals surface area contributed by atoms with Gasteiger partial charge in [0.2, 0.25) is 5.91 Å². The molecule has 0 fully saturated rings. The monoisotopic (exact) mass is 352 g/mol. The third-order valence-corrected chi connectivity index (χ3v) is 4.38. The molecule has 1 heterocycles. The van der Waals surface area contributed by atoms with Gasteiger partial charge in [0.1, 0.15) is 5.75 Å². The fourth-order valence-corrected chi connectivity index (χ4v) is 3.19. The third kappa shape index (κ3) is 3.79. The van der Waals surface area contributed by atoms with E-state index >= 15 is 0 Å². The van der Waals surface area contributed by atoms with Crippen LogP contribution in [0, 0.1) is 0 Å². The Morgan fingerprint density at radius 3 is 2.81 bits per heavy atom. The zero-order valence-corrected chi connectivity index (χ0v) is 15.4. The van der Waals surface area contributed by atoms with E-state index in [0.29, 0.717) is 18.0 Å². The number of hydrogen-bond acceptors (Lipinski definition) is 3. The average Bonchev–Trinajstić information content (AvgIpc) is 3.06. The molecule has 0 spiro atoms. The first-order valence-corrected chi connectivity index (χ1v) is 8.63. The highest BCUT2D eigenvalue weighted by atomic mass is 16.5. The van der Waals surface area contributed by atoms with Crippen LogP contribution in [0.25, 0.3) is 0 Å². The van der Waals surface area contributed by atoms with Gasteiger partial charge >= 0.3 is 0 Å². The van der Waals surface area contributed by atoms with Gasteiger partial charge in [0.25, 0.3) is 0 Å². The van der Waals surface area contributed by atoms with Crippen molar-refractivity contribution in [3.05, 3.63) is 53.6 Å². The molecule has 1 amide bonds. The van der Waals surface area contributed by atoms with Crippen molar-refractivity contribution < 1.29 is 9.53 Å². The first kappa shape index (κ1) is 17.8. The Morgan fingerprint density at radius 1 is 1.27 bits per heavy atom. The molecule has 0 saturated carbocycles. The normalized spacial score (nSPS) is 13.3. The van der Waals surface area contributed by atoms with Crippen molar-refractivity contribution in [3.8, 4) is 5.75 Å². The fraction of sp³-hybridized carbons (Fsp3) is 0.300. The van der Waals surface area contributed by atoms with E-state index in [4.69, 9.17) is 4.74 Å². The van der Waals surface area contributed by atoms with E-state index in [1.165, 1.54) is 18.2 Å². The van der Waals surface area contributed by atoms with Gasteiger partial charge in [-0.2, -0.15) is 0 Å². The van der Waals surface area contributed by atoms with Crippen LogP contribution in [-0.4, -0.2) is 32.6 Å². The van der Waals surface area contributed by atoms with Crippen molar-refractivity contribution in [1.29, 1.82) is 0 Å². The molecular formula is C20H24N4O2. The van der Waals surface area contributed by atoms with Gasteiger partial charge in [-0.1, -0.05) is 24.3 Å². The van der Waals surface area contributed by atoms with Gasteiger partial charge in [-0.05, 0) is 35.7 Å². The number of methoxy groups -OCH3 is 1. The molecule has 0 bridgehead atoms. The Kier molecular flexibility index (Phi) is 5.41. The van der Waals surface area contributed by atoms with E-state index in [0.717, 1.165) is 24.5 Å². The van der Waals surface area contributed by atoms with Gasteiger partial charge in [0, 0.05) is 32.7 Å². The molecule has 2 aromatic rings. The lowest BCUT2D eigenvalue weighted by molar-refractivity contribution is -0.114. The minimum absolute atomic E-state index is 0.127. The van der Waals surface area contributed by atoms with Crippen molar-refractivity contribution in [2.24, 2.45) is 4.99 Å². The molecule has 6 heteroatoms. The summed E-state index contributed by atoms with van der Waals surface area (Å²) in [5.41, 5.74) is 4.24. The molecule has 1 aliphatic rings. The van der Waals surface area contributed by atoms with Crippen molar-refractivity contribution >= 4 is 23.2 Å². The Labute approximate surface area is 153 Å². The molecule has 136 valence electrons. The van der Waals surface area contributed by atoms with Crippen molar-refractivity contribution in [1.82, 2.24) is 5.32 Å². The van der Waals surface area contributed by atoms with Gasteiger partial charge in [-0.15, -0.1) is 0 Å². The van der Waals surface area contributed by atoms with Crippen LogP contribution in [0.2, 0.25) is 0 Å². The Bertz CT molecular complexity index is 832. The number of amides is 1. The van der Waals surface area contributed by atoms with E-state index in [1.807, 2.05) is 24.3 Å². The summed E-state index contributed by atoms with van der Waals surface area (Å²) in [5.74, 6) is 1.35. The van der Waals surface area contributed by atoms with E-state index in [1.54, 1.807) is 14.2 Å². The van der Waals surface area contributed by atoms with Crippen LogP contribution >= 0.6 is 0 Å². The number of fused-ring (bicyclic) bond motifs is 1. The topological polar surface area (TPSA) is 66.0 Å². The zero-order valence-electron chi connectivity index (χ0n) is 15.4. The van der Waals surface area contributed by atoms with Gasteiger partial charge < -0.3 is 20.3 Å². The van der Waals surface area contributed by atoms with Crippen LogP contribution in [0.15, 0.2) is 47.5 Å². The van der Waals surface area contributed by atoms with Gasteiger partial charge in [-0.25, -0.2) is 0 Å². The number of guanidine groups is 1. The predicted molar refractivity (Wildman–Crippen MR) is 105 cm³/mol. The molecule has 0 radical (unpaired) electrons. The summed E-state index contributed by atoms with van der Waals surface area (Å²) in [7, 11) is 3.38. The number of nitrogens with one attached hydrogen (secondary N) is 2. The number of carbonyl (C=O) groups is 1. The molecule has 3 rings (SSSR count). The minimum Gasteiger partial charge on any atom is -0.495 e. The minimum atomic E-state index is -0.127. The van der Waals surface area contributed by atoms with Crippen LogP contribution in [0.3, 0.4) is 0 Å². The number of benzene rings is 2. The summed E-state index contributed by atoms with van der Waals surface area (Å²) >= 11 is 0. The Morgan fingerprint density at radius 2 is 2.08 bits per heavy atom. The molecule has 1 aliphatic heterocycles. The summed E-state index contributed by atoms with van der Waals surface area (Å²) in [6.45, 7) is 3.00. The number of para-hydroxylation sites is 1. The second-order valence-corrected chi connectivity index (χ2v) is 6.15. The third-order valence-electron chi connectivity index (χ3n) is 4.38. The molecule has 0 atom stereocenters.